The van der Waals surface area contributed by atoms with Crippen LogP contribution in [-0.2, 0) is 6.54 Å². The minimum atomic E-state index is 0.0492. The molecule has 20 heavy (non-hydrogen) atoms. The monoisotopic (exact) mass is 275 g/mol. The number of aromatic nitrogens is 2. The zero-order chi connectivity index (χ0) is 14.5. The normalized spacial score (nSPS) is 10.5. The van der Waals surface area contributed by atoms with Gasteiger partial charge in [0.15, 0.2) is 6.29 Å². The van der Waals surface area contributed by atoms with Crippen molar-refractivity contribution in [1.29, 1.82) is 0 Å². The molecule has 0 radical (unpaired) electrons. The summed E-state index contributed by atoms with van der Waals surface area (Å²) in [5, 5.41) is 13.2. The second-order valence-electron chi connectivity index (χ2n) is 4.29. The van der Waals surface area contributed by atoms with Gasteiger partial charge in [0.2, 0.25) is 0 Å². The van der Waals surface area contributed by atoms with Gasteiger partial charge < -0.3 is 15.6 Å². The number of methoxy groups -OCH3 is 1. The molecule has 2 aromatic rings. The Hall–Kier alpha value is -2.34. The molecule has 2 rings (SSSR count). The Bertz CT molecular complexity index is 590. The van der Waals surface area contributed by atoms with Gasteiger partial charge in [-0.15, -0.1) is 0 Å². The van der Waals surface area contributed by atoms with Crippen molar-refractivity contribution in [1.82, 2.24) is 9.78 Å². The van der Waals surface area contributed by atoms with Gasteiger partial charge in [-0.1, -0.05) is 0 Å². The van der Waals surface area contributed by atoms with Crippen molar-refractivity contribution in [2.24, 2.45) is 0 Å². The first-order chi connectivity index (χ1) is 9.71. The molecule has 0 saturated heterocycles. The quantitative estimate of drug-likeness (QED) is 0.776. The van der Waals surface area contributed by atoms with E-state index in [1.54, 1.807) is 23.9 Å². The second-order valence-corrected chi connectivity index (χ2v) is 4.29. The molecule has 0 aliphatic heterocycles. The molecule has 6 nitrogen and oxygen atoms in total. The molecular weight excluding hydrogens is 258 g/mol. The van der Waals surface area contributed by atoms with Crippen molar-refractivity contribution in [2.45, 2.75) is 13.0 Å². The fraction of sp³-hybridized carbons (Fsp3) is 0.286. The lowest BCUT2D eigenvalue weighted by atomic mass is 10.1. The molecule has 0 fully saturated rings. The highest BCUT2D eigenvalue weighted by Crippen LogP contribution is 2.27. The summed E-state index contributed by atoms with van der Waals surface area (Å²) in [7, 11) is 1.59. The number of ether oxygens (including phenoxy) is 1. The van der Waals surface area contributed by atoms with Gasteiger partial charge in [0.1, 0.15) is 17.3 Å². The standard InChI is InChI=1S/C14H17N3O3/c1-20-11-5-3-10(4-6-11)13-12(9-19)14(15)17(16-13)7-2-8-18/h3-6,9,18H,2,7-8,15H2,1H3. The molecule has 0 atom stereocenters. The number of anilines is 1. The molecule has 0 bridgehead atoms. The first kappa shape index (κ1) is 14.1. The number of hydrogen-bond acceptors (Lipinski definition) is 5. The van der Waals surface area contributed by atoms with Gasteiger partial charge >= 0.3 is 0 Å². The lowest BCUT2D eigenvalue weighted by Gasteiger charge is -2.01. The molecule has 0 aliphatic rings. The minimum Gasteiger partial charge on any atom is -0.497 e. The molecule has 0 unspecified atom stereocenters. The van der Waals surface area contributed by atoms with Crippen LogP contribution < -0.4 is 10.5 Å². The number of carbonyl (C=O) groups excluding carboxylic acids is 1. The predicted molar refractivity (Wildman–Crippen MR) is 75.7 cm³/mol. The Morgan fingerprint density at radius 2 is 2.10 bits per heavy atom. The summed E-state index contributed by atoms with van der Waals surface area (Å²) in [6, 6.07) is 7.24. The number of nitrogens with zero attached hydrogens (tertiary/aromatic N) is 2. The van der Waals surface area contributed by atoms with Crippen LogP contribution >= 0.6 is 0 Å². The van der Waals surface area contributed by atoms with Crippen LogP contribution in [0.4, 0.5) is 5.82 Å². The SMILES string of the molecule is COc1ccc(-c2nn(CCCO)c(N)c2C=O)cc1. The van der Waals surface area contributed by atoms with E-state index in [-0.39, 0.29) is 6.61 Å². The van der Waals surface area contributed by atoms with Crippen molar-refractivity contribution >= 4 is 12.1 Å². The van der Waals surface area contributed by atoms with E-state index < -0.39 is 0 Å². The Morgan fingerprint density at radius 3 is 2.65 bits per heavy atom. The van der Waals surface area contributed by atoms with Crippen molar-refractivity contribution in [2.75, 3.05) is 19.5 Å². The molecule has 1 aromatic heterocycles. The van der Waals surface area contributed by atoms with E-state index in [4.69, 9.17) is 15.6 Å². The van der Waals surface area contributed by atoms with Gasteiger partial charge in [0.05, 0.1) is 12.7 Å². The summed E-state index contributed by atoms with van der Waals surface area (Å²) in [4.78, 5) is 11.2. The molecule has 6 heteroatoms. The predicted octanol–water partition coefficient (Wildman–Crippen LogP) is 1.34. The van der Waals surface area contributed by atoms with Crippen LogP contribution in [0.3, 0.4) is 0 Å². The summed E-state index contributed by atoms with van der Waals surface area (Å²) < 4.78 is 6.64. The van der Waals surface area contributed by atoms with E-state index in [0.29, 0.717) is 36.3 Å². The summed E-state index contributed by atoms with van der Waals surface area (Å²) in [6.45, 7) is 0.521. The summed E-state index contributed by atoms with van der Waals surface area (Å²) in [5.74, 6) is 1.05. The lowest BCUT2D eigenvalue weighted by Crippen LogP contribution is -2.06. The van der Waals surface area contributed by atoms with Crippen molar-refractivity contribution in [3.05, 3.63) is 29.8 Å². The average molecular weight is 275 g/mol. The van der Waals surface area contributed by atoms with Gasteiger partial charge in [0, 0.05) is 18.7 Å². The number of aldehydes is 1. The zero-order valence-electron chi connectivity index (χ0n) is 11.2. The highest BCUT2D eigenvalue weighted by atomic mass is 16.5. The largest absolute Gasteiger partial charge is 0.497 e. The van der Waals surface area contributed by atoms with Gasteiger partial charge in [-0.3, -0.25) is 4.79 Å². The van der Waals surface area contributed by atoms with Crippen LogP contribution in [-0.4, -0.2) is 34.9 Å². The molecule has 0 spiro atoms. The number of hydrogen-bond donors (Lipinski definition) is 2. The van der Waals surface area contributed by atoms with E-state index in [1.807, 2.05) is 12.1 Å². The van der Waals surface area contributed by atoms with E-state index in [0.717, 1.165) is 11.3 Å². The third-order valence-electron chi connectivity index (χ3n) is 3.04. The zero-order valence-corrected chi connectivity index (χ0v) is 11.2. The van der Waals surface area contributed by atoms with Crippen LogP contribution in [0.25, 0.3) is 11.3 Å². The Kier molecular flexibility index (Phi) is 4.37. The first-order valence-corrected chi connectivity index (χ1v) is 6.28. The van der Waals surface area contributed by atoms with Crippen molar-refractivity contribution in [3.63, 3.8) is 0 Å². The maximum absolute atomic E-state index is 11.2. The van der Waals surface area contributed by atoms with E-state index in [2.05, 4.69) is 5.10 Å². The van der Waals surface area contributed by atoms with Crippen LogP contribution in [0.1, 0.15) is 16.8 Å². The number of aliphatic hydroxyl groups is 1. The smallest absolute Gasteiger partial charge is 0.156 e. The van der Waals surface area contributed by atoms with Crippen LogP contribution in [0.5, 0.6) is 5.75 Å². The van der Waals surface area contributed by atoms with Gasteiger partial charge in [-0.05, 0) is 30.7 Å². The molecule has 3 N–H and O–H groups in total. The summed E-state index contributed by atoms with van der Waals surface area (Å²) in [5.41, 5.74) is 7.61. The third kappa shape index (κ3) is 2.65. The van der Waals surface area contributed by atoms with Crippen LogP contribution in [0, 0.1) is 0 Å². The molecule has 1 aromatic carbocycles. The summed E-state index contributed by atoms with van der Waals surface area (Å²) in [6.07, 6.45) is 1.24. The number of nitrogen functional groups attached to an aromatic ring is 1. The Morgan fingerprint density at radius 1 is 1.40 bits per heavy atom. The molecule has 0 aliphatic carbocycles. The number of nitrogens with two attached hydrogens (primary N) is 1. The Balaban J connectivity index is 2.41. The van der Waals surface area contributed by atoms with E-state index >= 15 is 0 Å². The third-order valence-corrected chi connectivity index (χ3v) is 3.04. The van der Waals surface area contributed by atoms with Gasteiger partial charge in [-0.25, -0.2) is 4.68 Å². The number of benzene rings is 1. The first-order valence-electron chi connectivity index (χ1n) is 6.28. The number of rotatable bonds is 6. The van der Waals surface area contributed by atoms with E-state index in [1.165, 1.54) is 0 Å². The molecule has 0 saturated carbocycles. The Labute approximate surface area is 116 Å². The van der Waals surface area contributed by atoms with Crippen molar-refractivity contribution < 1.29 is 14.6 Å². The fourth-order valence-electron chi connectivity index (χ4n) is 1.96. The van der Waals surface area contributed by atoms with Gasteiger partial charge in [-0.2, -0.15) is 5.10 Å². The molecule has 0 amide bonds. The lowest BCUT2D eigenvalue weighted by molar-refractivity contribution is 0.112. The molecular formula is C14H17N3O3. The number of carbonyl (C=O) groups is 1. The number of aryl methyl sites for hydroxylation is 1. The topological polar surface area (TPSA) is 90.4 Å². The molecule has 1 heterocycles. The van der Waals surface area contributed by atoms with Gasteiger partial charge in [0.25, 0.3) is 0 Å². The molecule has 106 valence electrons. The van der Waals surface area contributed by atoms with Crippen molar-refractivity contribution in [3.8, 4) is 17.0 Å². The average Bonchev–Trinajstić information content (AvgIpc) is 2.81. The van der Waals surface area contributed by atoms with Crippen LogP contribution in [0.15, 0.2) is 24.3 Å². The summed E-state index contributed by atoms with van der Waals surface area (Å²) >= 11 is 0. The maximum atomic E-state index is 11.2. The number of aliphatic hydroxyl groups excluding tert-OH is 1. The van der Waals surface area contributed by atoms with E-state index in [9.17, 15) is 4.79 Å². The highest BCUT2D eigenvalue weighted by molar-refractivity contribution is 5.91. The van der Waals surface area contributed by atoms with Crippen LogP contribution in [0.2, 0.25) is 0 Å². The highest BCUT2D eigenvalue weighted by Gasteiger charge is 2.16. The fourth-order valence-corrected chi connectivity index (χ4v) is 1.96. The second kappa shape index (κ2) is 6.21. The minimum absolute atomic E-state index is 0.0492. The maximum Gasteiger partial charge on any atom is 0.156 e.